The van der Waals surface area contributed by atoms with Crippen LogP contribution in [-0.4, -0.2) is 39.7 Å². The molecule has 0 saturated heterocycles. The van der Waals surface area contributed by atoms with Crippen LogP contribution in [-0.2, 0) is 0 Å². The average molecular weight is 490 g/mol. The Labute approximate surface area is 195 Å². The Hall–Kier alpha value is -2.92. The van der Waals surface area contributed by atoms with Crippen LogP contribution in [0.5, 0.6) is 5.75 Å². The second-order valence-corrected chi connectivity index (χ2v) is 9.22. The molecule has 0 fully saturated rings. The van der Waals surface area contributed by atoms with Gasteiger partial charge in [-0.15, -0.1) is 10.2 Å². The summed E-state index contributed by atoms with van der Waals surface area (Å²) in [7, 11) is 0. The van der Waals surface area contributed by atoms with Gasteiger partial charge in [-0.25, -0.2) is 4.79 Å². The number of anilines is 1. The van der Waals surface area contributed by atoms with E-state index in [0.717, 1.165) is 0 Å². The van der Waals surface area contributed by atoms with Gasteiger partial charge in [0.25, 0.3) is 5.91 Å². The molecule has 2 heterocycles. The molecule has 0 aliphatic carbocycles. The lowest BCUT2D eigenvalue weighted by Crippen LogP contribution is -2.20. The molecule has 11 heteroatoms. The molecule has 0 aliphatic rings. The summed E-state index contributed by atoms with van der Waals surface area (Å²) in [5.74, 6) is 0.298. The van der Waals surface area contributed by atoms with Crippen LogP contribution in [0.15, 0.2) is 68.1 Å². The quantitative estimate of drug-likeness (QED) is 0.216. The molecule has 8 nitrogen and oxygen atoms in total. The van der Waals surface area contributed by atoms with Crippen LogP contribution in [0, 0.1) is 0 Å². The summed E-state index contributed by atoms with van der Waals surface area (Å²) in [6, 6.07) is 14.8. The Bertz CT molecular complexity index is 1310. The number of ether oxygens (including phenoxy) is 1. The van der Waals surface area contributed by atoms with E-state index in [4.69, 9.17) is 20.8 Å². The van der Waals surface area contributed by atoms with E-state index in [9.17, 15) is 14.7 Å². The van der Waals surface area contributed by atoms with Gasteiger partial charge < -0.3 is 14.3 Å². The number of carbonyl (C=O) groups excluding carboxylic acids is 1. The minimum absolute atomic E-state index is 0.0163. The number of halogens is 1. The number of fused-ring (bicyclic) bond motifs is 1. The van der Waals surface area contributed by atoms with Gasteiger partial charge in [0.05, 0.1) is 17.6 Å². The summed E-state index contributed by atoms with van der Waals surface area (Å²) in [6.45, 7) is -0.0163. The van der Waals surface area contributed by atoms with Crippen LogP contribution >= 0.6 is 34.7 Å². The standard InChI is InChI=1S/C21H16ClN3O5S2/c22-13-5-3-4-12(8-13)19(28)23-20-24-25-21(32-20)31-11-14(26)10-29-17-9-18(27)30-16-7-2-1-6-15(16)17/h1-9,14,26H,10-11H2,(H,23,24,28). The van der Waals surface area contributed by atoms with Crippen molar-refractivity contribution in [2.24, 2.45) is 0 Å². The Morgan fingerprint density at radius 2 is 2.06 bits per heavy atom. The van der Waals surface area contributed by atoms with Crippen molar-refractivity contribution in [1.29, 1.82) is 0 Å². The zero-order chi connectivity index (χ0) is 22.5. The smallest absolute Gasteiger partial charge is 0.339 e. The van der Waals surface area contributed by atoms with Gasteiger partial charge in [-0.3, -0.25) is 10.1 Å². The molecule has 0 radical (unpaired) electrons. The highest BCUT2D eigenvalue weighted by Crippen LogP contribution is 2.27. The van der Waals surface area contributed by atoms with Crippen molar-refractivity contribution in [2.75, 3.05) is 17.7 Å². The van der Waals surface area contributed by atoms with Crippen LogP contribution in [0.1, 0.15) is 10.4 Å². The van der Waals surface area contributed by atoms with E-state index in [-0.39, 0.29) is 18.3 Å². The molecule has 0 spiro atoms. The fourth-order valence-electron chi connectivity index (χ4n) is 2.72. The van der Waals surface area contributed by atoms with Crippen molar-refractivity contribution in [3.63, 3.8) is 0 Å². The number of hydrogen-bond donors (Lipinski definition) is 2. The van der Waals surface area contributed by atoms with Crippen LogP contribution in [0.2, 0.25) is 5.02 Å². The number of aliphatic hydroxyl groups excluding tert-OH is 1. The highest BCUT2D eigenvalue weighted by atomic mass is 35.5. The lowest BCUT2D eigenvalue weighted by Gasteiger charge is -2.12. The number of aliphatic hydroxyl groups is 1. The van der Waals surface area contributed by atoms with Crippen LogP contribution in [0.4, 0.5) is 5.13 Å². The maximum absolute atomic E-state index is 12.3. The fourth-order valence-corrected chi connectivity index (χ4v) is 4.59. The van der Waals surface area contributed by atoms with E-state index in [2.05, 4.69) is 15.5 Å². The van der Waals surface area contributed by atoms with Crippen LogP contribution in [0.25, 0.3) is 11.0 Å². The number of rotatable bonds is 8. The molecular weight excluding hydrogens is 474 g/mol. The molecule has 2 N–H and O–H groups in total. The van der Waals surface area contributed by atoms with Gasteiger partial charge in [0.1, 0.15) is 17.9 Å². The number of amides is 1. The predicted octanol–water partition coefficient (Wildman–Crippen LogP) is 4.08. The SMILES string of the molecule is O=C(Nc1nnc(SCC(O)COc2cc(=O)oc3ccccc23)s1)c1cccc(Cl)c1. The van der Waals surface area contributed by atoms with Crippen molar-refractivity contribution in [3.8, 4) is 5.75 Å². The van der Waals surface area contributed by atoms with Gasteiger partial charge in [0.15, 0.2) is 4.34 Å². The highest BCUT2D eigenvalue weighted by molar-refractivity contribution is 8.01. The normalized spacial score (nSPS) is 11.9. The molecule has 0 bridgehead atoms. The molecule has 0 aliphatic heterocycles. The molecule has 1 atom stereocenters. The lowest BCUT2D eigenvalue weighted by molar-refractivity contribution is 0.102. The molecule has 1 amide bonds. The second kappa shape index (κ2) is 10.1. The van der Waals surface area contributed by atoms with Crippen molar-refractivity contribution in [2.45, 2.75) is 10.4 Å². The molecule has 2 aromatic heterocycles. The summed E-state index contributed by atoms with van der Waals surface area (Å²) < 4.78 is 11.3. The summed E-state index contributed by atoms with van der Waals surface area (Å²) in [4.78, 5) is 23.9. The van der Waals surface area contributed by atoms with Crippen molar-refractivity contribution in [3.05, 3.63) is 75.6 Å². The summed E-state index contributed by atoms with van der Waals surface area (Å²) in [6.07, 6.45) is -0.820. The number of para-hydroxylation sites is 1. The Morgan fingerprint density at radius 3 is 2.91 bits per heavy atom. The first-order valence-electron chi connectivity index (χ1n) is 9.35. The van der Waals surface area contributed by atoms with Crippen molar-refractivity contribution >= 4 is 56.7 Å². The number of aromatic nitrogens is 2. The lowest BCUT2D eigenvalue weighted by atomic mass is 10.2. The van der Waals surface area contributed by atoms with Gasteiger partial charge in [0, 0.05) is 16.3 Å². The van der Waals surface area contributed by atoms with E-state index in [1.54, 1.807) is 48.5 Å². The maximum atomic E-state index is 12.3. The van der Waals surface area contributed by atoms with Gasteiger partial charge in [-0.05, 0) is 30.3 Å². The molecule has 0 saturated carbocycles. The third-order valence-electron chi connectivity index (χ3n) is 4.16. The molecule has 32 heavy (non-hydrogen) atoms. The van der Waals surface area contributed by atoms with Gasteiger partial charge in [0.2, 0.25) is 5.13 Å². The van der Waals surface area contributed by atoms with Gasteiger partial charge in [-0.1, -0.05) is 52.9 Å². The number of nitrogens with one attached hydrogen (secondary N) is 1. The minimum atomic E-state index is -0.820. The number of carbonyl (C=O) groups is 1. The van der Waals surface area contributed by atoms with Crippen molar-refractivity contribution < 1.29 is 19.1 Å². The van der Waals surface area contributed by atoms with Gasteiger partial charge >= 0.3 is 5.63 Å². The zero-order valence-corrected chi connectivity index (χ0v) is 18.7. The maximum Gasteiger partial charge on any atom is 0.339 e. The van der Waals surface area contributed by atoms with Crippen LogP contribution < -0.4 is 15.7 Å². The zero-order valence-electron chi connectivity index (χ0n) is 16.4. The minimum Gasteiger partial charge on any atom is -0.490 e. The molecule has 4 rings (SSSR count). The number of thioether (sulfide) groups is 1. The largest absolute Gasteiger partial charge is 0.490 e. The molecule has 4 aromatic rings. The van der Waals surface area contributed by atoms with Crippen molar-refractivity contribution in [1.82, 2.24) is 10.2 Å². The summed E-state index contributed by atoms with van der Waals surface area (Å²) in [5, 5.41) is 22.3. The van der Waals surface area contributed by atoms with E-state index in [0.29, 0.717) is 36.8 Å². The van der Waals surface area contributed by atoms with Crippen LogP contribution in [0.3, 0.4) is 0 Å². The summed E-state index contributed by atoms with van der Waals surface area (Å²) >= 11 is 8.37. The highest BCUT2D eigenvalue weighted by Gasteiger charge is 2.14. The van der Waals surface area contributed by atoms with E-state index in [1.807, 2.05) is 0 Å². The first-order chi connectivity index (χ1) is 15.5. The van der Waals surface area contributed by atoms with E-state index in [1.165, 1.54) is 29.2 Å². The topological polar surface area (TPSA) is 115 Å². The predicted molar refractivity (Wildman–Crippen MR) is 124 cm³/mol. The third-order valence-corrected chi connectivity index (χ3v) is 6.51. The second-order valence-electron chi connectivity index (χ2n) is 6.54. The molecule has 164 valence electrons. The summed E-state index contributed by atoms with van der Waals surface area (Å²) in [5.41, 5.74) is 0.306. The number of hydrogen-bond acceptors (Lipinski definition) is 9. The fraction of sp³-hybridized carbons (Fsp3) is 0.143. The number of benzene rings is 2. The molecule has 2 aromatic carbocycles. The molecular formula is C21H16ClN3O5S2. The Kier molecular flexibility index (Phi) is 7.05. The van der Waals surface area contributed by atoms with E-state index < -0.39 is 11.7 Å². The third kappa shape index (κ3) is 5.65. The number of nitrogens with zero attached hydrogens (tertiary/aromatic N) is 2. The van der Waals surface area contributed by atoms with Gasteiger partial charge in [-0.2, -0.15) is 0 Å². The van der Waals surface area contributed by atoms with E-state index >= 15 is 0 Å². The average Bonchev–Trinajstić information content (AvgIpc) is 3.23. The first kappa shape index (κ1) is 22.3. The Balaban J connectivity index is 1.30. The first-order valence-corrected chi connectivity index (χ1v) is 11.5. The molecule has 1 unspecified atom stereocenters. The monoisotopic (exact) mass is 489 g/mol. The Morgan fingerprint density at radius 1 is 1.22 bits per heavy atom.